The second-order valence-corrected chi connectivity index (χ2v) is 6.89. The minimum atomic E-state index is -0.252. The van der Waals surface area contributed by atoms with Crippen LogP contribution in [0.5, 0.6) is 0 Å². The number of hydrogen-bond acceptors (Lipinski definition) is 6. The number of rotatable bonds is 7. The van der Waals surface area contributed by atoms with E-state index in [4.69, 9.17) is 0 Å². The number of aryl methyl sites for hydroxylation is 1. The first-order valence-electron chi connectivity index (χ1n) is 7.32. The summed E-state index contributed by atoms with van der Waals surface area (Å²) in [6, 6.07) is 0. The number of thioether (sulfide) groups is 1. The number of carbonyl (C=O) groups excluding carboxylic acids is 1. The van der Waals surface area contributed by atoms with Crippen LogP contribution in [0.1, 0.15) is 30.7 Å². The van der Waals surface area contributed by atoms with E-state index in [1.807, 2.05) is 0 Å². The van der Waals surface area contributed by atoms with Crippen molar-refractivity contribution in [3.05, 3.63) is 15.8 Å². The Morgan fingerprint density at radius 3 is 2.82 bits per heavy atom. The number of thiophene rings is 1. The molecule has 5 nitrogen and oxygen atoms in total. The van der Waals surface area contributed by atoms with Crippen molar-refractivity contribution in [1.82, 2.24) is 14.8 Å². The van der Waals surface area contributed by atoms with E-state index in [9.17, 15) is 4.79 Å². The van der Waals surface area contributed by atoms with Crippen molar-refractivity contribution in [3.63, 3.8) is 0 Å². The first-order chi connectivity index (χ1) is 10.6. The van der Waals surface area contributed by atoms with Crippen LogP contribution in [0, 0.1) is 6.92 Å². The summed E-state index contributed by atoms with van der Waals surface area (Å²) in [5.41, 5.74) is 2.50. The molecule has 0 spiro atoms. The quantitative estimate of drug-likeness (QED) is 0.570. The van der Waals surface area contributed by atoms with Gasteiger partial charge in [-0.1, -0.05) is 25.6 Å². The molecule has 0 N–H and O–H groups in total. The molecule has 22 heavy (non-hydrogen) atoms. The topological polar surface area (TPSA) is 57.0 Å². The van der Waals surface area contributed by atoms with Crippen LogP contribution in [0.15, 0.2) is 10.5 Å². The Morgan fingerprint density at radius 1 is 1.41 bits per heavy atom. The van der Waals surface area contributed by atoms with Crippen LogP contribution in [0.4, 0.5) is 0 Å². The minimum absolute atomic E-state index is 0.252. The van der Waals surface area contributed by atoms with Gasteiger partial charge in [0, 0.05) is 22.4 Å². The molecule has 0 saturated heterocycles. The van der Waals surface area contributed by atoms with E-state index in [0.717, 1.165) is 35.9 Å². The average Bonchev–Trinajstić information content (AvgIpc) is 3.08. The van der Waals surface area contributed by atoms with E-state index in [0.29, 0.717) is 0 Å². The lowest BCUT2D eigenvalue weighted by atomic mass is 10.1. The van der Waals surface area contributed by atoms with Crippen LogP contribution in [-0.2, 0) is 22.5 Å². The molecule has 120 valence electrons. The fourth-order valence-corrected chi connectivity index (χ4v) is 4.04. The highest BCUT2D eigenvalue weighted by molar-refractivity contribution is 7.99. The number of carbonyl (C=O) groups is 1. The highest BCUT2D eigenvalue weighted by Gasteiger charge is 2.19. The zero-order valence-electron chi connectivity index (χ0n) is 13.4. The minimum Gasteiger partial charge on any atom is -0.468 e. The highest BCUT2D eigenvalue weighted by atomic mass is 32.2. The van der Waals surface area contributed by atoms with E-state index in [1.165, 1.54) is 29.3 Å². The van der Waals surface area contributed by atoms with Crippen LogP contribution < -0.4 is 0 Å². The fourth-order valence-electron chi connectivity index (χ4n) is 2.31. The molecule has 0 unspecified atom stereocenters. The van der Waals surface area contributed by atoms with Gasteiger partial charge in [0.05, 0.1) is 12.9 Å². The molecule has 7 heteroatoms. The third-order valence-corrected chi connectivity index (χ3v) is 5.30. The number of methoxy groups -OCH3 is 1. The normalized spacial score (nSPS) is 10.9. The monoisotopic (exact) mass is 339 g/mol. The fraction of sp³-hybridized carbons (Fsp3) is 0.533. The second kappa shape index (κ2) is 7.78. The summed E-state index contributed by atoms with van der Waals surface area (Å²) >= 11 is 3.12. The Balaban J connectivity index is 2.35. The molecule has 2 rings (SSSR count). The zero-order chi connectivity index (χ0) is 16.1. The third kappa shape index (κ3) is 3.52. The number of esters is 1. The van der Waals surface area contributed by atoms with Gasteiger partial charge in [0.2, 0.25) is 0 Å². The molecule has 0 amide bonds. The molecule has 0 aliphatic heterocycles. The summed E-state index contributed by atoms with van der Waals surface area (Å²) in [5, 5.41) is 11.6. The van der Waals surface area contributed by atoms with Gasteiger partial charge >= 0.3 is 5.97 Å². The molecule has 0 bridgehead atoms. The first kappa shape index (κ1) is 17.0. The summed E-state index contributed by atoms with van der Waals surface area (Å²) < 4.78 is 6.79. The molecule has 0 aliphatic carbocycles. The van der Waals surface area contributed by atoms with E-state index in [2.05, 4.69) is 45.7 Å². The van der Waals surface area contributed by atoms with Crippen LogP contribution in [0.25, 0.3) is 11.4 Å². The summed E-state index contributed by atoms with van der Waals surface area (Å²) in [4.78, 5) is 12.7. The maximum atomic E-state index is 11.3. The molecule has 0 aliphatic rings. The smallest absolute Gasteiger partial charge is 0.316 e. The van der Waals surface area contributed by atoms with Crippen LogP contribution >= 0.6 is 23.1 Å². The predicted molar refractivity (Wildman–Crippen MR) is 90.5 cm³/mol. The van der Waals surface area contributed by atoms with Crippen molar-refractivity contribution >= 4 is 29.1 Å². The van der Waals surface area contributed by atoms with Crippen molar-refractivity contribution in [2.75, 3.05) is 12.9 Å². The SMILES string of the molecule is CCCn1c(SCC(=O)OC)nnc1-c1csc(C)c1CC. The van der Waals surface area contributed by atoms with Gasteiger partial charge in [0.1, 0.15) is 0 Å². The Hall–Kier alpha value is -1.34. The second-order valence-electron chi connectivity index (χ2n) is 4.86. The summed E-state index contributed by atoms with van der Waals surface area (Å²) in [5.74, 6) is 0.899. The number of nitrogens with zero attached hydrogens (tertiary/aromatic N) is 3. The maximum Gasteiger partial charge on any atom is 0.316 e. The Labute approximate surface area is 139 Å². The zero-order valence-corrected chi connectivity index (χ0v) is 15.0. The molecule has 2 aromatic heterocycles. The Bertz CT molecular complexity index is 649. The Kier molecular flexibility index (Phi) is 6.02. The largest absolute Gasteiger partial charge is 0.468 e. The van der Waals surface area contributed by atoms with Gasteiger partial charge in [0.25, 0.3) is 0 Å². The van der Waals surface area contributed by atoms with Gasteiger partial charge in [-0.15, -0.1) is 21.5 Å². The molecule has 0 fully saturated rings. The van der Waals surface area contributed by atoms with Gasteiger partial charge < -0.3 is 9.30 Å². The third-order valence-electron chi connectivity index (χ3n) is 3.41. The lowest BCUT2D eigenvalue weighted by Crippen LogP contribution is -2.06. The van der Waals surface area contributed by atoms with E-state index in [-0.39, 0.29) is 11.7 Å². The van der Waals surface area contributed by atoms with Crippen molar-refractivity contribution in [2.45, 2.75) is 45.3 Å². The van der Waals surface area contributed by atoms with Gasteiger partial charge in [-0.25, -0.2) is 0 Å². The van der Waals surface area contributed by atoms with E-state index in [1.54, 1.807) is 11.3 Å². The molecule has 0 atom stereocenters. The number of ether oxygens (including phenoxy) is 1. The molecular weight excluding hydrogens is 318 g/mol. The summed E-state index contributed by atoms with van der Waals surface area (Å²) in [6.07, 6.45) is 1.97. The van der Waals surface area contributed by atoms with Gasteiger partial charge in [-0.2, -0.15) is 0 Å². The van der Waals surface area contributed by atoms with Crippen LogP contribution in [0.2, 0.25) is 0 Å². The molecular formula is C15H21N3O2S2. The maximum absolute atomic E-state index is 11.3. The molecule has 2 heterocycles. The standard InChI is InChI=1S/C15H21N3O2S2/c1-5-7-18-14(12-8-21-10(3)11(12)6-2)16-17-15(18)22-9-13(19)20-4/h8H,5-7,9H2,1-4H3. The van der Waals surface area contributed by atoms with Gasteiger partial charge in [0.15, 0.2) is 11.0 Å². The lowest BCUT2D eigenvalue weighted by molar-refractivity contribution is -0.137. The van der Waals surface area contributed by atoms with Crippen molar-refractivity contribution in [3.8, 4) is 11.4 Å². The Morgan fingerprint density at radius 2 is 2.18 bits per heavy atom. The molecule has 0 radical (unpaired) electrons. The number of hydrogen-bond donors (Lipinski definition) is 0. The first-order valence-corrected chi connectivity index (χ1v) is 9.19. The lowest BCUT2D eigenvalue weighted by Gasteiger charge is -2.09. The van der Waals surface area contributed by atoms with Crippen LogP contribution in [0.3, 0.4) is 0 Å². The van der Waals surface area contributed by atoms with Crippen molar-refractivity contribution in [1.29, 1.82) is 0 Å². The molecule has 0 aromatic carbocycles. The number of aromatic nitrogens is 3. The summed E-state index contributed by atoms with van der Waals surface area (Å²) in [6.45, 7) is 7.26. The molecule has 0 saturated carbocycles. The average molecular weight is 339 g/mol. The van der Waals surface area contributed by atoms with Gasteiger partial charge in [-0.3, -0.25) is 4.79 Å². The van der Waals surface area contributed by atoms with Crippen molar-refractivity contribution in [2.24, 2.45) is 0 Å². The highest BCUT2D eigenvalue weighted by Crippen LogP contribution is 2.32. The molecule has 2 aromatic rings. The van der Waals surface area contributed by atoms with Crippen molar-refractivity contribution < 1.29 is 9.53 Å². The van der Waals surface area contributed by atoms with Gasteiger partial charge in [-0.05, 0) is 25.3 Å². The summed E-state index contributed by atoms with van der Waals surface area (Å²) in [7, 11) is 1.40. The van der Waals surface area contributed by atoms with Crippen LogP contribution in [-0.4, -0.2) is 33.6 Å². The van der Waals surface area contributed by atoms with E-state index < -0.39 is 0 Å². The predicted octanol–water partition coefficient (Wildman–Crippen LogP) is 3.55. The van der Waals surface area contributed by atoms with E-state index >= 15 is 0 Å².